The van der Waals surface area contributed by atoms with Gasteiger partial charge in [0.1, 0.15) is 17.9 Å². The molecule has 1 aromatic carbocycles. The average Bonchev–Trinajstić information content (AvgIpc) is 2.86. The third-order valence-electron chi connectivity index (χ3n) is 5.19. The number of benzene rings is 1. The summed E-state index contributed by atoms with van der Waals surface area (Å²) >= 11 is 0. The van der Waals surface area contributed by atoms with E-state index in [-0.39, 0.29) is 18.5 Å². The SMILES string of the molecule is CCCCN(C(=O)CN1C(=O)NC(C)(c2ccc(F)cc2)C1=O)C(C)CC. The average molecular weight is 377 g/mol. The first-order chi connectivity index (χ1) is 12.7. The van der Waals surface area contributed by atoms with E-state index in [0.29, 0.717) is 12.1 Å². The van der Waals surface area contributed by atoms with E-state index < -0.39 is 23.3 Å². The molecule has 1 saturated heterocycles. The maximum atomic E-state index is 13.2. The second kappa shape index (κ2) is 8.50. The van der Waals surface area contributed by atoms with Gasteiger partial charge in [-0.1, -0.05) is 32.4 Å². The zero-order valence-corrected chi connectivity index (χ0v) is 16.4. The van der Waals surface area contributed by atoms with Crippen LogP contribution >= 0.6 is 0 Å². The highest BCUT2D eigenvalue weighted by molar-refractivity contribution is 6.09. The van der Waals surface area contributed by atoms with Gasteiger partial charge in [0, 0.05) is 12.6 Å². The molecular formula is C20H28FN3O3. The van der Waals surface area contributed by atoms with Gasteiger partial charge in [-0.25, -0.2) is 9.18 Å². The third kappa shape index (κ3) is 4.28. The molecule has 1 heterocycles. The topological polar surface area (TPSA) is 69.7 Å². The van der Waals surface area contributed by atoms with Crippen molar-refractivity contribution in [3.05, 3.63) is 35.6 Å². The van der Waals surface area contributed by atoms with Crippen molar-refractivity contribution in [3.8, 4) is 0 Å². The lowest BCUT2D eigenvalue weighted by Crippen LogP contribution is -2.47. The Labute approximate surface area is 159 Å². The molecule has 1 aliphatic rings. The van der Waals surface area contributed by atoms with E-state index in [0.717, 1.165) is 24.2 Å². The van der Waals surface area contributed by atoms with Crippen LogP contribution in [-0.4, -0.2) is 46.8 Å². The first kappa shape index (κ1) is 20.9. The van der Waals surface area contributed by atoms with Gasteiger partial charge in [-0.3, -0.25) is 14.5 Å². The van der Waals surface area contributed by atoms with Crippen LogP contribution < -0.4 is 5.32 Å². The van der Waals surface area contributed by atoms with Crippen molar-refractivity contribution in [2.75, 3.05) is 13.1 Å². The molecule has 1 aromatic rings. The number of nitrogens with one attached hydrogen (secondary N) is 1. The number of carbonyl (C=O) groups is 3. The van der Waals surface area contributed by atoms with Crippen molar-refractivity contribution in [3.63, 3.8) is 0 Å². The van der Waals surface area contributed by atoms with Gasteiger partial charge in [-0.2, -0.15) is 0 Å². The van der Waals surface area contributed by atoms with E-state index in [4.69, 9.17) is 0 Å². The van der Waals surface area contributed by atoms with Gasteiger partial charge in [0.2, 0.25) is 5.91 Å². The second-order valence-corrected chi connectivity index (χ2v) is 7.15. The van der Waals surface area contributed by atoms with Crippen LogP contribution in [0.4, 0.5) is 9.18 Å². The Balaban J connectivity index is 2.18. The van der Waals surface area contributed by atoms with Crippen LogP contribution in [0.2, 0.25) is 0 Å². The molecule has 2 rings (SSSR count). The predicted molar refractivity (Wildman–Crippen MR) is 100 cm³/mol. The molecule has 27 heavy (non-hydrogen) atoms. The van der Waals surface area contributed by atoms with Crippen molar-refractivity contribution >= 4 is 17.8 Å². The number of rotatable bonds is 8. The first-order valence-electron chi connectivity index (χ1n) is 9.44. The smallest absolute Gasteiger partial charge is 0.325 e. The molecule has 1 fully saturated rings. The molecule has 0 spiro atoms. The van der Waals surface area contributed by atoms with Crippen molar-refractivity contribution in [1.82, 2.24) is 15.1 Å². The number of unbranched alkanes of at least 4 members (excludes halogenated alkanes) is 1. The minimum atomic E-state index is -1.31. The lowest BCUT2D eigenvalue weighted by atomic mass is 9.92. The molecule has 2 unspecified atom stereocenters. The van der Waals surface area contributed by atoms with Crippen LogP contribution in [-0.2, 0) is 15.1 Å². The largest absolute Gasteiger partial charge is 0.338 e. The van der Waals surface area contributed by atoms with E-state index in [1.165, 1.54) is 24.3 Å². The Bertz CT molecular complexity index is 707. The van der Waals surface area contributed by atoms with Gasteiger partial charge < -0.3 is 10.2 Å². The van der Waals surface area contributed by atoms with E-state index in [1.54, 1.807) is 11.8 Å². The molecule has 0 aromatic heterocycles. The molecule has 0 saturated carbocycles. The quantitative estimate of drug-likeness (QED) is 0.708. The van der Waals surface area contributed by atoms with Gasteiger partial charge in [0.05, 0.1) is 0 Å². The summed E-state index contributed by atoms with van der Waals surface area (Å²) in [6.45, 7) is 7.87. The zero-order valence-electron chi connectivity index (χ0n) is 16.4. The fourth-order valence-corrected chi connectivity index (χ4v) is 3.19. The minimum absolute atomic E-state index is 0.0355. The minimum Gasteiger partial charge on any atom is -0.338 e. The molecule has 2 atom stereocenters. The van der Waals surface area contributed by atoms with E-state index in [1.807, 2.05) is 20.8 Å². The fraction of sp³-hybridized carbons (Fsp3) is 0.550. The molecule has 7 heteroatoms. The number of halogens is 1. The number of urea groups is 1. The van der Waals surface area contributed by atoms with Crippen molar-refractivity contribution < 1.29 is 18.8 Å². The summed E-state index contributed by atoms with van der Waals surface area (Å²) in [7, 11) is 0. The number of hydrogen-bond donors (Lipinski definition) is 1. The highest BCUT2D eigenvalue weighted by Gasteiger charge is 2.49. The Hall–Kier alpha value is -2.44. The van der Waals surface area contributed by atoms with Gasteiger partial charge in [-0.05, 0) is 44.4 Å². The maximum absolute atomic E-state index is 13.2. The number of imide groups is 1. The molecule has 1 aliphatic heterocycles. The van der Waals surface area contributed by atoms with E-state index in [2.05, 4.69) is 5.32 Å². The summed E-state index contributed by atoms with van der Waals surface area (Å²) in [5, 5.41) is 2.64. The van der Waals surface area contributed by atoms with Crippen LogP contribution in [0.3, 0.4) is 0 Å². The van der Waals surface area contributed by atoms with Crippen LogP contribution in [0.5, 0.6) is 0 Å². The third-order valence-corrected chi connectivity index (χ3v) is 5.19. The van der Waals surface area contributed by atoms with Gasteiger partial charge >= 0.3 is 6.03 Å². The molecule has 0 aliphatic carbocycles. The van der Waals surface area contributed by atoms with Crippen molar-refractivity contribution in [2.45, 2.75) is 58.5 Å². The summed E-state index contributed by atoms with van der Waals surface area (Å²) in [6, 6.07) is 4.83. The number of amides is 4. The Morgan fingerprint density at radius 2 is 1.89 bits per heavy atom. The summed E-state index contributed by atoms with van der Waals surface area (Å²) in [5.41, 5.74) is -0.836. The van der Waals surface area contributed by atoms with Crippen LogP contribution in [0.1, 0.15) is 52.5 Å². The summed E-state index contributed by atoms with van der Waals surface area (Å²) in [4.78, 5) is 40.8. The summed E-state index contributed by atoms with van der Waals surface area (Å²) in [5.74, 6) is -1.18. The number of hydrogen-bond acceptors (Lipinski definition) is 3. The van der Waals surface area contributed by atoms with Gasteiger partial charge in [-0.15, -0.1) is 0 Å². The summed E-state index contributed by atoms with van der Waals surface area (Å²) < 4.78 is 13.2. The Morgan fingerprint density at radius 3 is 2.44 bits per heavy atom. The molecular weight excluding hydrogens is 349 g/mol. The molecule has 1 N–H and O–H groups in total. The monoisotopic (exact) mass is 377 g/mol. The van der Waals surface area contributed by atoms with Crippen molar-refractivity contribution in [2.24, 2.45) is 0 Å². The zero-order chi connectivity index (χ0) is 20.2. The van der Waals surface area contributed by atoms with Crippen LogP contribution in [0.25, 0.3) is 0 Å². The standard InChI is InChI=1S/C20H28FN3O3/c1-5-7-12-23(14(3)6-2)17(25)13-24-18(26)20(4,22-19(24)27)15-8-10-16(21)11-9-15/h8-11,14H,5-7,12-13H2,1-4H3,(H,22,27). The van der Waals surface area contributed by atoms with E-state index >= 15 is 0 Å². The molecule has 0 radical (unpaired) electrons. The van der Waals surface area contributed by atoms with Crippen LogP contribution in [0, 0.1) is 5.82 Å². The van der Waals surface area contributed by atoms with Gasteiger partial charge in [0.15, 0.2) is 0 Å². The van der Waals surface area contributed by atoms with Crippen LogP contribution in [0.15, 0.2) is 24.3 Å². The molecule has 0 bridgehead atoms. The molecule has 148 valence electrons. The maximum Gasteiger partial charge on any atom is 0.325 e. The summed E-state index contributed by atoms with van der Waals surface area (Å²) in [6.07, 6.45) is 2.61. The fourth-order valence-electron chi connectivity index (χ4n) is 3.19. The Kier molecular flexibility index (Phi) is 6.57. The molecule has 6 nitrogen and oxygen atoms in total. The van der Waals surface area contributed by atoms with Crippen molar-refractivity contribution in [1.29, 1.82) is 0 Å². The van der Waals surface area contributed by atoms with E-state index in [9.17, 15) is 18.8 Å². The lowest BCUT2D eigenvalue weighted by molar-refractivity contribution is -0.140. The highest BCUT2D eigenvalue weighted by Crippen LogP contribution is 2.29. The lowest BCUT2D eigenvalue weighted by Gasteiger charge is -2.30. The predicted octanol–water partition coefficient (Wildman–Crippen LogP) is 3.02. The van der Waals surface area contributed by atoms with Gasteiger partial charge in [0.25, 0.3) is 5.91 Å². The number of nitrogens with zero attached hydrogens (tertiary/aromatic N) is 2. The second-order valence-electron chi connectivity index (χ2n) is 7.15. The normalized spacial score (nSPS) is 20.6. The first-order valence-corrected chi connectivity index (χ1v) is 9.44. The number of carbonyl (C=O) groups excluding carboxylic acids is 3. The Morgan fingerprint density at radius 1 is 1.26 bits per heavy atom. The molecule has 4 amide bonds. The highest BCUT2D eigenvalue weighted by atomic mass is 19.1.